The summed E-state index contributed by atoms with van der Waals surface area (Å²) in [7, 11) is 0. The number of fused-ring (bicyclic) bond motifs is 10. The van der Waals surface area contributed by atoms with Crippen molar-refractivity contribution in [3.8, 4) is 22.5 Å². The normalized spacial score (nSPS) is 13.7. The molecule has 0 saturated carbocycles. The number of benzene rings is 7. The fourth-order valence-electron chi connectivity index (χ4n) is 8.13. The Labute approximate surface area is 261 Å². The molecule has 2 heterocycles. The third-order valence-corrected chi connectivity index (χ3v) is 10.3. The van der Waals surface area contributed by atoms with Crippen molar-refractivity contribution in [3.63, 3.8) is 0 Å². The van der Waals surface area contributed by atoms with Crippen LogP contribution in [-0.2, 0) is 5.41 Å². The van der Waals surface area contributed by atoms with Crippen molar-refractivity contribution in [1.82, 2.24) is 9.13 Å². The van der Waals surface area contributed by atoms with Crippen LogP contribution >= 0.6 is 0 Å². The molecule has 212 valence electrons. The van der Waals surface area contributed by atoms with E-state index >= 15 is 0 Å². The second-order valence-corrected chi connectivity index (χ2v) is 13.0. The maximum atomic E-state index is 2.50. The molecule has 0 radical (unpaired) electrons. The molecular weight excluding hydrogens is 544 g/mol. The molecule has 0 aliphatic heterocycles. The van der Waals surface area contributed by atoms with Gasteiger partial charge in [-0.05, 0) is 87.6 Å². The van der Waals surface area contributed by atoms with E-state index < -0.39 is 0 Å². The van der Waals surface area contributed by atoms with E-state index in [1.807, 2.05) is 0 Å². The molecule has 0 amide bonds. The highest BCUT2D eigenvalue weighted by atomic mass is 15.0. The summed E-state index contributed by atoms with van der Waals surface area (Å²) in [6.07, 6.45) is 0. The Morgan fingerprint density at radius 3 is 1.78 bits per heavy atom. The van der Waals surface area contributed by atoms with E-state index in [-0.39, 0.29) is 5.41 Å². The average Bonchev–Trinajstić information content (AvgIpc) is 3.65. The van der Waals surface area contributed by atoms with E-state index in [4.69, 9.17) is 0 Å². The topological polar surface area (TPSA) is 9.86 Å². The van der Waals surface area contributed by atoms with Gasteiger partial charge >= 0.3 is 0 Å². The maximum absolute atomic E-state index is 2.50. The zero-order chi connectivity index (χ0) is 29.9. The average molecular weight is 575 g/mol. The predicted octanol–water partition coefficient (Wildman–Crippen LogP) is 11.3. The fraction of sp³-hybridized carbons (Fsp3) is 0.0698. The highest BCUT2D eigenvalue weighted by Crippen LogP contribution is 2.50. The lowest BCUT2D eigenvalue weighted by Gasteiger charge is -2.22. The summed E-state index contributed by atoms with van der Waals surface area (Å²) in [6.45, 7) is 4.73. The van der Waals surface area contributed by atoms with Crippen LogP contribution in [-0.4, -0.2) is 9.13 Å². The molecule has 2 aromatic heterocycles. The monoisotopic (exact) mass is 574 g/mol. The fourth-order valence-corrected chi connectivity index (χ4v) is 8.13. The maximum Gasteiger partial charge on any atom is 0.0548 e. The first kappa shape index (κ1) is 24.8. The standard InChI is InChI=1S/C43H30N2/c1-43(2)37-18-10-8-16-31(37)32-21-20-30(24-38(32)43)45-40-23-28-13-7-6-12-27(28)22-34(40)36-26-41-35(25-42(36)45)33-17-9-11-19-39(33)44(41)29-14-4-3-5-15-29/h3-26H,1-2H3. The van der Waals surface area contributed by atoms with Crippen molar-refractivity contribution in [2.45, 2.75) is 19.3 Å². The van der Waals surface area contributed by atoms with Crippen LogP contribution in [0.1, 0.15) is 25.0 Å². The molecule has 0 unspecified atom stereocenters. The SMILES string of the molecule is CC1(C)c2ccccc2-c2ccc(-n3c4cc5ccccc5cc4c4cc5c(cc43)c3ccccc3n5-c3ccccc3)cc21. The van der Waals surface area contributed by atoms with Gasteiger partial charge in [-0.2, -0.15) is 0 Å². The molecule has 9 aromatic rings. The molecule has 0 saturated heterocycles. The van der Waals surface area contributed by atoms with Gasteiger partial charge in [0.1, 0.15) is 0 Å². The second kappa shape index (κ2) is 8.74. The van der Waals surface area contributed by atoms with Crippen LogP contribution in [0.2, 0.25) is 0 Å². The van der Waals surface area contributed by atoms with Gasteiger partial charge in [0.05, 0.1) is 22.1 Å². The van der Waals surface area contributed by atoms with E-state index in [1.54, 1.807) is 0 Å². The second-order valence-electron chi connectivity index (χ2n) is 13.0. The van der Waals surface area contributed by atoms with Gasteiger partial charge in [0.15, 0.2) is 0 Å². The quantitative estimate of drug-likeness (QED) is 0.194. The Morgan fingerprint density at radius 2 is 0.956 bits per heavy atom. The highest BCUT2D eigenvalue weighted by Gasteiger charge is 2.35. The van der Waals surface area contributed by atoms with Gasteiger partial charge in [-0.3, -0.25) is 0 Å². The van der Waals surface area contributed by atoms with Crippen LogP contribution in [0.4, 0.5) is 0 Å². The van der Waals surface area contributed by atoms with Crippen molar-refractivity contribution in [3.05, 3.63) is 157 Å². The number of rotatable bonds is 2. The summed E-state index contributed by atoms with van der Waals surface area (Å²) in [6, 6.07) is 53.9. The first-order chi connectivity index (χ1) is 22.1. The first-order valence-corrected chi connectivity index (χ1v) is 15.8. The van der Waals surface area contributed by atoms with Crippen molar-refractivity contribution in [1.29, 1.82) is 0 Å². The van der Waals surface area contributed by atoms with E-state index in [1.165, 1.54) is 88.0 Å². The number of nitrogens with zero attached hydrogens (tertiary/aromatic N) is 2. The summed E-state index contributed by atoms with van der Waals surface area (Å²) >= 11 is 0. The molecule has 0 bridgehead atoms. The Morgan fingerprint density at radius 1 is 0.378 bits per heavy atom. The smallest absolute Gasteiger partial charge is 0.0548 e. The molecule has 1 aliphatic rings. The lowest BCUT2D eigenvalue weighted by Crippen LogP contribution is -2.15. The van der Waals surface area contributed by atoms with Gasteiger partial charge in [0.2, 0.25) is 0 Å². The van der Waals surface area contributed by atoms with Crippen molar-refractivity contribution < 1.29 is 0 Å². The van der Waals surface area contributed by atoms with Crippen LogP contribution in [0.3, 0.4) is 0 Å². The zero-order valence-corrected chi connectivity index (χ0v) is 25.3. The Hall–Kier alpha value is -5.60. The zero-order valence-electron chi connectivity index (χ0n) is 25.3. The van der Waals surface area contributed by atoms with Gasteiger partial charge in [0.25, 0.3) is 0 Å². The number of aromatic nitrogens is 2. The van der Waals surface area contributed by atoms with E-state index in [2.05, 4.69) is 169 Å². The number of hydrogen-bond donors (Lipinski definition) is 0. The number of para-hydroxylation sites is 2. The molecule has 0 spiro atoms. The molecule has 10 rings (SSSR count). The van der Waals surface area contributed by atoms with Crippen LogP contribution < -0.4 is 0 Å². The van der Waals surface area contributed by atoms with Gasteiger partial charge in [-0.1, -0.05) is 105 Å². The third kappa shape index (κ3) is 3.29. The van der Waals surface area contributed by atoms with Crippen LogP contribution in [0.25, 0.3) is 76.9 Å². The lowest BCUT2D eigenvalue weighted by molar-refractivity contribution is 0.660. The summed E-state index contributed by atoms with van der Waals surface area (Å²) in [5.41, 5.74) is 12.7. The Kier molecular flexibility index (Phi) is 4.82. The van der Waals surface area contributed by atoms with Gasteiger partial charge < -0.3 is 9.13 Å². The Balaban J connectivity index is 1.35. The molecule has 45 heavy (non-hydrogen) atoms. The molecule has 2 nitrogen and oxygen atoms in total. The summed E-state index contributed by atoms with van der Waals surface area (Å²) in [4.78, 5) is 0. The molecular formula is C43H30N2. The molecule has 7 aromatic carbocycles. The van der Waals surface area contributed by atoms with Crippen molar-refractivity contribution in [2.24, 2.45) is 0 Å². The summed E-state index contributed by atoms with van der Waals surface area (Å²) < 4.78 is 4.92. The van der Waals surface area contributed by atoms with Gasteiger partial charge in [-0.25, -0.2) is 0 Å². The van der Waals surface area contributed by atoms with Crippen molar-refractivity contribution in [2.75, 3.05) is 0 Å². The summed E-state index contributed by atoms with van der Waals surface area (Å²) in [5, 5.41) is 7.60. The first-order valence-electron chi connectivity index (χ1n) is 15.8. The molecule has 2 heteroatoms. The molecule has 0 atom stereocenters. The van der Waals surface area contributed by atoms with E-state index in [0.717, 1.165) is 0 Å². The number of hydrogen-bond acceptors (Lipinski definition) is 0. The summed E-state index contributed by atoms with van der Waals surface area (Å²) in [5.74, 6) is 0. The molecule has 0 N–H and O–H groups in total. The third-order valence-electron chi connectivity index (χ3n) is 10.3. The Bertz CT molecular complexity index is 2670. The van der Waals surface area contributed by atoms with Crippen LogP contribution in [0.15, 0.2) is 146 Å². The van der Waals surface area contributed by atoms with Gasteiger partial charge in [-0.15, -0.1) is 0 Å². The minimum absolute atomic E-state index is 0.0657. The molecule has 1 aliphatic carbocycles. The van der Waals surface area contributed by atoms with E-state index in [9.17, 15) is 0 Å². The van der Waals surface area contributed by atoms with Crippen LogP contribution in [0.5, 0.6) is 0 Å². The largest absolute Gasteiger partial charge is 0.309 e. The minimum atomic E-state index is -0.0657. The predicted molar refractivity (Wildman–Crippen MR) is 190 cm³/mol. The minimum Gasteiger partial charge on any atom is -0.309 e. The lowest BCUT2D eigenvalue weighted by atomic mass is 9.82. The highest BCUT2D eigenvalue weighted by molar-refractivity contribution is 6.20. The van der Waals surface area contributed by atoms with E-state index in [0.29, 0.717) is 0 Å². The van der Waals surface area contributed by atoms with Crippen LogP contribution in [0, 0.1) is 0 Å². The molecule has 0 fully saturated rings. The van der Waals surface area contributed by atoms with Gasteiger partial charge in [0, 0.05) is 38.3 Å². The van der Waals surface area contributed by atoms with Crippen molar-refractivity contribution >= 4 is 54.4 Å².